The van der Waals surface area contributed by atoms with Crippen LogP contribution < -0.4 is 5.32 Å². The van der Waals surface area contributed by atoms with Gasteiger partial charge < -0.3 is 5.32 Å². The number of aromatic nitrogens is 2. The van der Waals surface area contributed by atoms with Gasteiger partial charge in [0, 0.05) is 30.7 Å². The maximum absolute atomic E-state index is 12.5. The zero-order valence-electron chi connectivity index (χ0n) is 13.8. The minimum atomic E-state index is -0.373. The SMILES string of the molecule is CN1C(=O)c2ccc(NC(=O)c3cccc(-n4cccn4)c3)cc2C1=O. The highest BCUT2D eigenvalue weighted by atomic mass is 16.2. The number of hydrogen-bond acceptors (Lipinski definition) is 4. The van der Waals surface area contributed by atoms with Crippen LogP contribution in [0.2, 0.25) is 0 Å². The van der Waals surface area contributed by atoms with Gasteiger partial charge in [0.2, 0.25) is 0 Å². The average molecular weight is 346 g/mol. The number of anilines is 1. The molecule has 2 heterocycles. The summed E-state index contributed by atoms with van der Waals surface area (Å²) in [5.41, 5.74) is 2.31. The number of rotatable bonds is 3. The third kappa shape index (κ3) is 2.55. The molecule has 0 radical (unpaired) electrons. The van der Waals surface area contributed by atoms with Crippen molar-refractivity contribution in [1.82, 2.24) is 14.7 Å². The van der Waals surface area contributed by atoms with Crippen molar-refractivity contribution in [3.8, 4) is 5.69 Å². The van der Waals surface area contributed by atoms with Gasteiger partial charge in [0.15, 0.2) is 0 Å². The summed E-state index contributed by atoms with van der Waals surface area (Å²) >= 11 is 0. The molecule has 0 fully saturated rings. The molecule has 0 spiro atoms. The van der Waals surface area contributed by atoms with Crippen LogP contribution in [0.4, 0.5) is 5.69 Å². The van der Waals surface area contributed by atoms with Gasteiger partial charge in [-0.15, -0.1) is 0 Å². The molecule has 26 heavy (non-hydrogen) atoms. The molecular formula is C19H14N4O3. The van der Waals surface area contributed by atoms with E-state index in [4.69, 9.17) is 0 Å². The Labute approximate surface area is 148 Å². The van der Waals surface area contributed by atoms with Crippen LogP contribution in [0.5, 0.6) is 0 Å². The first-order chi connectivity index (χ1) is 12.5. The summed E-state index contributed by atoms with van der Waals surface area (Å²) in [5, 5.41) is 6.90. The number of benzene rings is 2. The van der Waals surface area contributed by atoms with Crippen LogP contribution >= 0.6 is 0 Å². The highest BCUT2D eigenvalue weighted by Crippen LogP contribution is 2.25. The van der Waals surface area contributed by atoms with Crippen LogP contribution in [0, 0.1) is 0 Å². The van der Waals surface area contributed by atoms with Crippen molar-refractivity contribution in [2.75, 3.05) is 12.4 Å². The summed E-state index contributed by atoms with van der Waals surface area (Å²) in [7, 11) is 1.43. The summed E-state index contributed by atoms with van der Waals surface area (Å²) in [6, 6.07) is 13.5. The summed E-state index contributed by atoms with van der Waals surface area (Å²) in [6.07, 6.45) is 3.45. The molecule has 1 aliphatic heterocycles. The van der Waals surface area contributed by atoms with Crippen molar-refractivity contribution in [3.05, 3.63) is 77.6 Å². The zero-order chi connectivity index (χ0) is 18.3. The summed E-state index contributed by atoms with van der Waals surface area (Å²) in [5.74, 6) is -1.03. The first-order valence-electron chi connectivity index (χ1n) is 7.92. The van der Waals surface area contributed by atoms with E-state index in [0.29, 0.717) is 22.4 Å². The minimum absolute atomic E-state index is 0.292. The second-order valence-corrected chi connectivity index (χ2v) is 5.88. The Morgan fingerprint density at radius 2 is 1.81 bits per heavy atom. The summed E-state index contributed by atoms with van der Waals surface area (Å²) in [6.45, 7) is 0. The van der Waals surface area contributed by atoms with Crippen molar-refractivity contribution in [1.29, 1.82) is 0 Å². The number of nitrogens with one attached hydrogen (secondary N) is 1. The molecule has 0 aliphatic carbocycles. The van der Waals surface area contributed by atoms with E-state index in [0.717, 1.165) is 10.6 Å². The van der Waals surface area contributed by atoms with Crippen molar-refractivity contribution >= 4 is 23.4 Å². The predicted octanol–water partition coefficient (Wildman–Crippen LogP) is 2.35. The Hall–Kier alpha value is -3.74. The van der Waals surface area contributed by atoms with Gasteiger partial charge in [-0.2, -0.15) is 5.10 Å². The predicted molar refractivity (Wildman–Crippen MR) is 94.4 cm³/mol. The fraction of sp³-hybridized carbons (Fsp3) is 0.0526. The lowest BCUT2D eigenvalue weighted by Gasteiger charge is -2.08. The maximum atomic E-state index is 12.5. The van der Waals surface area contributed by atoms with Crippen molar-refractivity contribution in [3.63, 3.8) is 0 Å². The number of nitrogens with zero attached hydrogens (tertiary/aromatic N) is 3. The zero-order valence-corrected chi connectivity index (χ0v) is 13.8. The normalized spacial score (nSPS) is 13.0. The second kappa shape index (κ2) is 5.96. The smallest absolute Gasteiger partial charge is 0.261 e. The van der Waals surface area contributed by atoms with Crippen molar-refractivity contribution < 1.29 is 14.4 Å². The number of carbonyl (C=O) groups excluding carboxylic acids is 3. The number of imide groups is 1. The van der Waals surface area contributed by atoms with Gasteiger partial charge in [-0.05, 0) is 42.5 Å². The molecule has 128 valence electrons. The molecule has 7 heteroatoms. The van der Waals surface area contributed by atoms with Crippen LogP contribution in [0.1, 0.15) is 31.1 Å². The number of fused-ring (bicyclic) bond motifs is 1. The number of hydrogen-bond donors (Lipinski definition) is 1. The third-order valence-electron chi connectivity index (χ3n) is 4.22. The lowest BCUT2D eigenvalue weighted by atomic mass is 10.1. The van der Waals surface area contributed by atoms with E-state index < -0.39 is 0 Å². The number of carbonyl (C=O) groups is 3. The van der Waals surface area contributed by atoms with Gasteiger partial charge in [-0.3, -0.25) is 19.3 Å². The van der Waals surface area contributed by atoms with E-state index in [2.05, 4.69) is 10.4 Å². The topological polar surface area (TPSA) is 84.3 Å². The maximum Gasteiger partial charge on any atom is 0.261 e. The van der Waals surface area contributed by atoms with Gasteiger partial charge in [0.05, 0.1) is 16.8 Å². The average Bonchev–Trinajstić information content (AvgIpc) is 3.27. The first kappa shape index (κ1) is 15.8. The van der Waals surface area contributed by atoms with Crippen LogP contribution in [0.15, 0.2) is 60.9 Å². The molecule has 0 saturated heterocycles. The summed E-state index contributed by atoms with van der Waals surface area (Å²) in [4.78, 5) is 37.6. The highest BCUT2D eigenvalue weighted by Gasteiger charge is 2.32. The molecule has 1 aromatic heterocycles. The first-order valence-corrected chi connectivity index (χ1v) is 7.92. The van der Waals surface area contributed by atoms with E-state index in [1.54, 1.807) is 53.5 Å². The Morgan fingerprint density at radius 1 is 1.00 bits per heavy atom. The van der Waals surface area contributed by atoms with E-state index in [9.17, 15) is 14.4 Å². The largest absolute Gasteiger partial charge is 0.322 e. The number of amides is 3. The Bertz CT molecular complexity index is 1040. The molecule has 3 aromatic rings. The monoisotopic (exact) mass is 346 g/mol. The Morgan fingerprint density at radius 3 is 2.58 bits per heavy atom. The Balaban J connectivity index is 1.59. The molecule has 2 aromatic carbocycles. The van der Waals surface area contributed by atoms with E-state index in [1.807, 2.05) is 6.07 Å². The lowest BCUT2D eigenvalue weighted by Crippen LogP contribution is -2.24. The van der Waals surface area contributed by atoms with E-state index in [-0.39, 0.29) is 17.7 Å². The molecule has 0 saturated carbocycles. The molecular weight excluding hydrogens is 332 g/mol. The minimum Gasteiger partial charge on any atom is -0.322 e. The van der Waals surface area contributed by atoms with Crippen molar-refractivity contribution in [2.24, 2.45) is 0 Å². The van der Waals surface area contributed by atoms with Crippen molar-refractivity contribution in [2.45, 2.75) is 0 Å². The fourth-order valence-corrected chi connectivity index (χ4v) is 2.85. The molecule has 0 unspecified atom stereocenters. The molecule has 1 N–H and O–H groups in total. The Kier molecular flexibility index (Phi) is 3.62. The van der Waals surface area contributed by atoms with Gasteiger partial charge >= 0.3 is 0 Å². The molecule has 7 nitrogen and oxygen atoms in total. The lowest BCUT2D eigenvalue weighted by molar-refractivity contribution is 0.0692. The van der Waals surface area contributed by atoms with E-state index in [1.165, 1.54) is 13.1 Å². The van der Waals surface area contributed by atoms with Crippen LogP contribution in [0.3, 0.4) is 0 Å². The van der Waals surface area contributed by atoms with Gasteiger partial charge in [0.25, 0.3) is 17.7 Å². The van der Waals surface area contributed by atoms with Crippen LogP contribution in [-0.4, -0.2) is 39.4 Å². The molecule has 0 atom stereocenters. The van der Waals surface area contributed by atoms with Gasteiger partial charge in [0.1, 0.15) is 0 Å². The molecule has 3 amide bonds. The fourth-order valence-electron chi connectivity index (χ4n) is 2.85. The van der Waals surface area contributed by atoms with Crippen LogP contribution in [-0.2, 0) is 0 Å². The molecule has 0 bridgehead atoms. The summed E-state index contributed by atoms with van der Waals surface area (Å²) < 4.78 is 1.66. The van der Waals surface area contributed by atoms with Crippen LogP contribution in [0.25, 0.3) is 5.69 Å². The second-order valence-electron chi connectivity index (χ2n) is 5.88. The third-order valence-corrected chi connectivity index (χ3v) is 4.22. The molecule has 4 rings (SSSR count). The molecule has 1 aliphatic rings. The highest BCUT2D eigenvalue weighted by molar-refractivity contribution is 6.21. The van der Waals surface area contributed by atoms with Gasteiger partial charge in [-0.25, -0.2) is 4.68 Å². The van der Waals surface area contributed by atoms with Gasteiger partial charge in [-0.1, -0.05) is 6.07 Å². The quantitative estimate of drug-likeness (QED) is 0.738. The standard InChI is InChI=1S/C19H14N4O3/c1-22-18(25)15-7-6-13(11-16(15)19(22)26)21-17(24)12-4-2-5-14(10-12)23-9-3-8-20-23/h2-11H,1H3,(H,21,24). The van der Waals surface area contributed by atoms with E-state index >= 15 is 0 Å².